The van der Waals surface area contributed by atoms with Gasteiger partial charge in [-0.1, -0.05) is 41.5 Å². The number of rotatable bonds is 0. The first-order chi connectivity index (χ1) is 2.41. The van der Waals surface area contributed by atoms with Crippen LogP contribution in [0.1, 0.15) is 41.5 Å². The van der Waals surface area contributed by atoms with Crippen molar-refractivity contribution in [3.05, 3.63) is 0 Å². The Morgan fingerprint density at radius 2 is 0.778 bits per heavy atom. The summed E-state index contributed by atoms with van der Waals surface area (Å²) in [7, 11) is 0. The van der Waals surface area contributed by atoms with Gasteiger partial charge >= 0.3 is 0 Å². The third-order valence-electron chi connectivity index (χ3n) is 0. The van der Waals surface area contributed by atoms with Gasteiger partial charge in [0, 0.05) is 113 Å². The second-order valence-electron chi connectivity index (χ2n) is 0.707. The number of hydrogen-bond acceptors (Lipinski definition) is 0. The average Bonchev–Trinajstić information content (AvgIpc) is 1.46. The summed E-state index contributed by atoms with van der Waals surface area (Å²) < 4.78 is 0. The topological polar surface area (TPSA) is 0 Å². The molecular weight excluding hydrogens is 192 g/mol. The first kappa shape index (κ1) is 38.6. The molecule has 0 fully saturated rings. The Labute approximate surface area is 151 Å². The van der Waals surface area contributed by atoms with Crippen molar-refractivity contribution in [2.75, 3.05) is 0 Å². The molecule has 0 heterocycles. The molecular formula is C6H18Ar3. The minimum Gasteiger partial charge on any atom is -0.0776 e. The Kier molecular flexibility index (Phi) is 257. The Bertz CT molecular complexity index is 8.26. The first-order valence-electron chi connectivity index (χ1n) is 2.41. The summed E-state index contributed by atoms with van der Waals surface area (Å²) in [6.45, 7) is 8.25. The standard InChI is InChI=1S/C3H8.C2H6.CH4.3Ar/c1-3-2;1-2;;;;/h3H2,1-2H3;1-2H3;1H4;;;. The van der Waals surface area contributed by atoms with Crippen LogP contribution in [0.4, 0.5) is 0 Å². The summed E-state index contributed by atoms with van der Waals surface area (Å²) in [6, 6.07) is 0. The quantitative estimate of drug-likeness (QED) is 0.576. The molecule has 3 heteroatoms. The van der Waals surface area contributed by atoms with E-state index in [0.717, 1.165) is 0 Å². The van der Waals surface area contributed by atoms with Gasteiger partial charge in [-0.2, -0.15) is 0 Å². The molecule has 0 atom stereocenters. The molecule has 0 aromatic carbocycles. The van der Waals surface area contributed by atoms with E-state index in [1.165, 1.54) is 6.42 Å². The van der Waals surface area contributed by atoms with E-state index >= 15 is 0 Å². The second-order valence-corrected chi connectivity index (χ2v) is 0.707. The molecule has 0 spiro atoms. The molecule has 0 aliphatic carbocycles. The fraction of sp³-hybridized carbons (Fsp3) is 1.00. The van der Waals surface area contributed by atoms with Gasteiger partial charge in [0.15, 0.2) is 0 Å². The van der Waals surface area contributed by atoms with Crippen LogP contribution < -0.4 is 0 Å². The Morgan fingerprint density at radius 1 is 0.778 bits per heavy atom. The van der Waals surface area contributed by atoms with Crippen LogP contribution in [0.3, 0.4) is 0 Å². The predicted octanol–water partition coefficient (Wildman–Crippen LogP) is 3.08. The first-order valence-corrected chi connectivity index (χ1v) is 2.41. The Balaban J connectivity index is -0.00000000357. The van der Waals surface area contributed by atoms with Gasteiger partial charge in [0.05, 0.1) is 0 Å². The van der Waals surface area contributed by atoms with Crippen molar-refractivity contribution in [3.63, 3.8) is 0 Å². The minimum atomic E-state index is 0. The normalized spacial score (nSPS) is 2.67. The maximum absolute atomic E-state index is 2.12. The van der Waals surface area contributed by atoms with E-state index in [0.29, 0.717) is 0 Å². The molecule has 0 N–H and O–H groups in total. The summed E-state index contributed by atoms with van der Waals surface area (Å²) in [5.41, 5.74) is 0. The minimum absolute atomic E-state index is 0. The summed E-state index contributed by atoms with van der Waals surface area (Å²) in [5.74, 6) is 0. The van der Waals surface area contributed by atoms with Crippen LogP contribution in [-0.4, -0.2) is 0 Å². The number of hydrogen-bond donors (Lipinski definition) is 0. The van der Waals surface area contributed by atoms with Crippen LogP contribution in [0.2, 0.25) is 0 Å². The van der Waals surface area contributed by atoms with Crippen molar-refractivity contribution >= 4 is 0 Å². The molecule has 0 saturated carbocycles. The van der Waals surface area contributed by atoms with Gasteiger partial charge in [0.2, 0.25) is 0 Å². The van der Waals surface area contributed by atoms with E-state index in [1.54, 1.807) is 0 Å². The van der Waals surface area contributed by atoms with Crippen molar-refractivity contribution in [2.45, 2.75) is 41.5 Å². The van der Waals surface area contributed by atoms with E-state index in [4.69, 9.17) is 0 Å². The van der Waals surface area contributed by atoms with E-state index in [1.807, 2.05) is 13.8 Å². The maximum Gasteiger partial charge on any atom is 0 e. The van der Waals surface area contributed by atoms with Crippen molar-refractivity contribution in [3.8, 4) is 0 Å². The third-order valence-corrected chi connectivity index (χ3v) is 0. The molecule has 0 aromatic rings. The summed E-state index contributed by atoms with van der Waals surface area (Å²) in [5, 5.41) is 0. The fourth-order valence-corrected chi connectivity index (χ4v) is 0. The van der Waals surface area contributed by atoms with Crippen LogP contribution in [0.25, 0.3) is 0 Å². The summed E-state index contributed by atoms with van der Waals surface area (Å²) >= 11 is 0. The van der Waals surface area contributed by atoms with Gasteiger partial charge in [0.1, 0.15) is 0 Å². The zero-order chi connectivity index (χ0) is 4.71. The molecule has 0 radical (unpaired) electrons. The van der Waals surface area contributed by atoms with Gasteiger partial charge < -0.3 is 0 Å². The summed E-state index contributed by atoms with van der Waals surface area (Å²) in [6.07, 6.45) is 1.25. The van der Waals surface area contributed by atoms with Crippen molar-refractivity contribution in [1.82, 2.24) is 0 Å². The van der Waals surface area contributed by atoms with Crippen LogP contribution in [0, 0.1) is 113 Å². The van der Waals surface area contributed by atoms with E-state index in [2.05, 4.69) is 13.8 Å². The molecule has 0 aromatic heterocycles. The van der Waals surface area contributed by atoms with E-state index in [9.17, 15) is 0 Å². The van der Waals surface area contributed by atoms with Crippen LogP contribution in [0.15, 0.2) is 0 Å². The van der Waals surface area contributed by atoms with Gasteiger partial charge in [-0.25, -0.2) is 0 Å². The van der Waals surface area contributed by atoms with Crippen LogP contribution in [0.5, 0.6) is 0 Å². The van der Waals surface area contributed by atoms with Gasteiger partial charge in [0.25, 0.3) is 0 Å². The Morgan fingerprint density at radius 3 is 0.778 bits per heavy atom. The van der Waals surface area contributed by atoms with E-state index in [-0.39, 0.29) is 121 Å². The molecule has 0 nitrogen and oxygen atoms in total. The second kappa shape index (κ2) is 59.9. The SMILES string of the molecule is C.CC.CCC.[Ar].[Ar].[Ar]. The van der Waals surface area contributed by atoms with Crippen molar-refractivity contribution in [2.24, 2.45) is 0 Å². The molecule has 66 valence electrons. The average molecular weight is 210 g/mol. The van der Waals surface area contributed by atoms with Crippen molar-refractivity contribution in [1.29, 1.82) is 0 Å². The molecule has 0 aliphatic heterocycles. The Hall–Kier alpha value is 3.78. The smallest absolute Gasteiger partial charge is 0 e. The van der Waals surface area contributed by atoms with Gasteiger partial charge in [-0.05, 0) is 0 Å². The summed E-state index contributed by atoms with van der Waals surface area (Å²) in [4.78, 5) is 0. The molecule has 0 saturated heterocycles. The van der Waals surface area contributed by atoms with Crippen molar-refractivity contribution < 1.29 is 113 Å². The zero-order valence-electron chi connectivity index (χ0n) is 5.77. The van der Waals surface area contributed by atoms with Crippen LogP contribution >= 0.6 is 0 Å². The molecule has 0 unspecified atom stereocenters. The molecule has 0 rings (SSSR count). The van der Waals surface area contributed by atoms with Gasteiger partial charge in [-0.3, -0.25) is 0 Å². The molecule has 0 amide bonds. The monoisotopic (exact) mass is 210 g/mol. The molecule has 0 bridgehead atoms. The fourth-order valence-electron chi connectivity index (χ4n) is 0. The van der Waals surface area contributed by atoms with Crippen LogP contribution in [-0.2, 0) is 0 Å². The zero-order valence-corrected chi connectivity index (χ0v) is 7.89. The molecule has 9 heavy (non-hydrogen) atoms. The van der Waals surface area contributed by atoms with E-state index < -0.39 is 0 Å². The third kappa shape index (κ3) is 78.9. The molecule has 0 aliphatic rings. The predicted molar refractivity (Wildman–Crippen MR) is 34.0 cm³/mol. The maximum atomic E-state index is 2.12. The van der Waals surface area contributed by atoms with Gasteiger partial charge in [-0.15, -0.1) is 0 Å². The largest absolute Gasteiger partial charge is 0.0776 e.